The maximum atomic E-state index is 15.1. The van der Waals surface area contributed by atoms with Crippen molar-refractivity contribution in [1.82, 2.24) is 15.0 Å². The molecule has 0 saturated heterocycles. The maximum absolute atomic E-state index is 15.1. The van der Waals surface area contributed by atoms with E-state index in [2.05, 4.69) is 25.3 Å². The Morgan fingerprint density at radius 2 is 2.23 bits per heavy atom. The van der Waals surface area contributed by atoms with E-state index < -0.39 is 29.7 Å². The van der Waals surface area contributed by atoms with Crippen LogP contribution in [0.25, 0.3) is 11.0 Å². The second kappa shape index (κ2) is 6.96. The number of nitrogens with one attached hydrogen (secondary N) is 1. The van der Waals surface area contributed by atoms with Gasteiger partial charge in [0.25, 0.3) is 0 Å². The number of aromatic nitrogens is 3. The van der Waals surface area contributed by atoms with E-state index in [4.69, 9.17) is 26.8 Å². The summed E-state index contributed by atoms with van der Waals surface area (Å²) in [4.78, 5) is 17.1. The van der Waals surface area contributed by atoms with E-state index >= 15 is 4.39 Å². The molecule has 0 spiro atoms. The number of ether oxygens (including phenoxy) is 2. The van der Waals surface area contributed by atoms with Gasteiger partial charge in [-0.1, -0.05) is 11.6 Å². The second-order valence-corrected chi connectivity index (χ2v) is 7.91. The smallest absolute Gasteiger partial charge is 0.232 e. The fraction of sp³-hybridized carbons (Fsp3) is 0.300. The number of methoxy groups -OCH3 is 1. The van der Waals surface area contributed by atoms with Gasteiger partial charge in [0.15, 0.2) is 17.9 Å². The average Bonchev–Trinajstić information content (AvgIpc) is 3.48. The van der Waals surface area contributed by atoms with Crippen molar-refractivity contribution in [2.45, 2.75) is 17.7 Å². The van der Waals surface area contributed by atoms with Crippen molar-refractivity contribution in [3.05, 3.63) is 47.0 Å². The van der Waals surface area contributed by atoms with E-state index in [-0.39, 0.29) is 10.6 Å². The molecule has 0 amide bonds. The highest BCUT2D eigenvalue weighted by Crippen LogP contribution is 2.58. The van der Waals surface area contributed by atoms with Crippen molar-refractivity contribution in [2.75, 3.05) is 19.1 Å². The molecule has 11 heteroatoms. The number of nitrogens with two attached hydrogens (primary N) is 1. The highest BCUT2D eigenvalue weighted by Gasteiger charge is 2.67. The zero-order valence-corrected chi connectivity index (χ0v) is 17.0. The number of fused-ring (bicyclic) bond motifs is 2. The predicted molar refractivity (Wildman–Crippen MR) is 111 cm³/mol. The third kappa shape index (κ3) is 3.05. The fourth-order valence-electron chi connectivity index (χ4n) is 3.96. The summed E-state index contributed by atoms with van der Waals surface area (Å²) in [5.41, 5.74) is 4.92. The Balaban J connectivity index is 1.58. The van der Waals surface area contributed by atoms with Crippen LogP contribution in [0.5, 0.6) is 5.88 Å². The number of benzene rings is 1. The normalized spacial score (nSPS) is 26.3. The quantitative estimate of drug-likeness (QED) is 0.617. The summed E-state index contributed by atoms with van der Waals surface area (Å²) in [6.45, 7) is -0.953. The molecule has 3 atom stereocenters. The van der Waals surface area contributed by atoms with E-state index in [1.165, 1.54) is 25.4 Å². The number of pyridine rings is 1. The van der Waals surface area contributed by atoms with Crippen LogP contribution in [0.2, 0.25) is 5.02 Å². The minimum Gasteiger partial charge on any atom is -0.480 e. The molecule has 1 aliphatic carbocycles. The second-order valence-electron chi connectivity index (χ2n) is 7.51. The van der Waals surface area contributed by atoms with Crippen LogP contribution in [0.4, 0.5) is 20.3 Å². The van der Waals surface area contributed by atoms with Crippen LogP contribution in [-0.2, 0) is 10.3 Å². The van der Waals surface area contributed by atoms with Crippen molar-refractivity contribution in [2.24, 2.45) is 16.6 Å². The molecule has 2 aliphatic rings. The molecule has 3 N–H and O–H groups in total. The molecular formula is C20H17ClF2N6O2. The van der Waals surface area contributed by atoms with Crippen LogP contribution in [0.3, 0.4) is 0 Å². The third-order valence-corrected chi connectivity index (χ3v) is 5.97. The molecule has 160 valence electrons. The van der Waals surface area contributed by atoms with Crippen LogP contribution in [0.1, 0.15) is 12.0 Å². The van der Waals surface area contributed by atoms with Crippen molar-refractivity contribution >= 4 is 40.5 Å². The van der Waals surface area contributed by atoms with Gasteiger partial charge in [-0.25, -0.2) is 28.7 Å². The van der Waals surface area contributed by atoms with Gasteiger partial charge >= 0.3 is 0 Å². The number of rotatable bonds is 5. The lowest BCUT2D eigenvalue weighted by molar-refractivity contribution is 0.102. The zero-order chi connectivity index (χ0) is 21.8. The summed E-state index contributed by atoms with van der Waals surface area (Å²) in [6, 6.07) is 4.52. The van der Waals surface area contributed by atoms with Crippen molar-refractivity contribution in [1.29, 1.82) is 0 Å². The summed E-state index contributed by atoms with van der Waals surface area (Å²) in [6.07, 6.45) is 4.45. The molecule has 0 bridgehead atoms. The van der Waals surface area contributed by atoms with Gasteiger partial charge in [0.2, 0.25) is 5.88 Å². The Hall–Kier alpha value is -3.11. The number of halogens is 3. The van der Waals surface area contributed by atoms with E-state index in [9.17, 15) is 4.39 Å². The van der Waals surface area contributed by atoms with E-state index in [0.717, 1.165) is 6.40 Å². The van der Waals surface area contributed by atoms with Crippen LogP contribution in [-0.4, -0.2) is 40.9 Å². The van der Waals surface area contributed by atoms with Gasteiger partial charge in [0.05, 0.1) is 23.8 Å². The van der Waals surface area contributed by atoms with E-state index in [1.54, 1.807) is 12.3 Å². The van der Waals surface area contributed by atoms with E-state index in [1.807, 2.05) is 0 Å². The first-order valence-corrected chi connectivity index (χ1v) is 9.76. The number of alkyl halides is 1. The molecule has 0 unspecified atom stereocenters. The minimum atomic E-state index is -1.52. The number of anilines is 2. The average molecular weight is 447 g/mol. The van der Waals surface area contributed by atoms with Crippen LogP contribution < -0.4 is 15.8 Å². The lowest BCUT2D eigenvalue weighted by atomic mass is 9.85. The van der Waals surface area contributed by atoms with Gasteiger partial charge in [-0.2, -0.15) is 0 Å². The lowest BCUT2D eigenvalue weighted by Crippen LogP contribution is -2.43. The van der Waals surface area contributed by atoms with Crippen molar-refractivity contribution in [3.63, 3.8) is 0 Å². The molecule has 1 aromatic carbocycles. The monoisotopic (exact) mass is 446 g/mol. The third-order valence-electron chi connectivity index (χ3n) is 5.69. The summed E-state index contributed by atoms with van der Waals surface area (Å²) < 4.78 is 39.8. The Labute approximate surface area is 180 Å². The minimum absolute atomic E-state index is 0.00475. The number of hydrogen-bond donors (Lipinski definition) is 2. The SMILES string of the molecule is COc1cnc2c(Nc3cc(Cl)c(F)c([C@@]4(CF)N=CO[C@]5(N)C[C@@H]54)c3)nccc2n1. The number of hydrogen-bond acceptors (Lipinski definition) is 8. The van der Waals surface area contributed by atoms with Gasteiger partial charge in [0, 0.05) is 29.8 Å². The van der Waals surface area contributed by atoms with Gasteiger partial charge in [-0.3, -0.25) is 5.73 Å². The first-order chi connectivity index (χ1) is 14.9. The molecule has 1 fully saturated rings. The molecule has 3 heterocycles. The van der Waals surface area contributed by atoms with Gasteiger partial charge in [0.1, 0.15) is 23.5 Å². The highest BCUT2D eigenvalue weighted by atomic mass is 35.5. The lowest BCUT2D eigenvalue weighted by Gasteiger charge is -2.33. The molecule has 8 nitrogen and oxygen atoms in total. The fourth-order valence-corrected chi connectivity index (χ4v) is 4.18. The summed E-state index contributed by atoms with van der Waals surface area (Å²) in [5, 5.41) is 2.88. The van der Waals surface area contributed by atoms with Crippen LogP contribution in [0.15, 0.2) is 35.6 Å². The standard InChI is InChI=1S/C20H17ClF2N6O2/c1-30-15-7-26-17-13(29-15)2-3-25-18(17)28-10-4-11(16(23)12(21)5-10)19(8-22)14-6-20(14,24)31-9-27-19/h2-5,7,9,14H,6,8,24H2,1H3,(H,25,28)/t14-,19-,20-/m1/s1. The Morgan fingerprint density at radius 3 is 3.00 bits per heavy atom. The maximum Gasteiger partial charge on any atom is 0.232 e. The zero-order valence-electron chi connectivity index (χ0n) is 16.3. The Bertz CT molecular complexity index is 1230. The van der Waals surface area contributed by atoms with E-state index in [0.29, 0.717) is 34.8 Å². The molecule has 1 saturated carbocycles. The van der Waals surface area contributed by atoms with Gasteiger partial charge in [-0.05, 0) is 18.2 Å². The molecule has 0 radical (unpaired) electrons. The Morgan fingerprint density at radius 1 is 1.39 bits per heavy atom. The first-order valence-electron chi connectivity index (χ1n) is 9.39. The number of aliphatic imine (C=N–C) groups is 1. The predicted octanol–water partition coefficient (Wildman–Crippen LogP) is 3.47. The molecule has 31 heavy (non-hydrogen) atoms. The molecule has 3 aromatic rings. The number of nitrogens with zero attached hydrogens (tertiary/aromatic N) is 4. The highest BCUT2D eigenvalue weighted by molar-refractivity contribution is 6.31. The molecular weight excluding hydrogens is 430 g/mol. The van der Waals surface area contributed by atoms with Crippen molar-refractivity contribution in [3.8, 4) is 5.88 Å². The summed E-state index contributed by atoms with van der Waals surface area (Å²) in [7, 11) is 1.49. The van der Waals surface area contributed by atoms with Gasteiger partial charge in [-0.15, -0.1) is 0 Å². The summed E-state index contributed by atoms with van der Waals surface area (Å²) >= 11 is 6.16. The molecule has 5 rings (SSSR count). The van der Waals surface area contributed by atoms with Gasteiger partial charge < -0.3 is 14.8 Å². The summed E-state index contributed by atoms with van der Waals surface area (Å²) in [5.74, 6) is -0.544. The molecule has 1 aliphatic heterocycles. The first kappa shape index (κ1) is 19.8. The molecule has 2 aromatic heterocycles. The van der Waals surface area contributed by atoms with Crippen LogP contribution >= 0.6 is 11.6 Å². The Kier molecular flexibility index (Phi) is 4.45. The topological polar surface area (TPSA) is 108 Å². The van der Waals surface area contributed by atoms with Crippen LogP contribution in [0, 0.1) is 11.7 Å². The van der Waals surface area contributed by atoms with Crippen molar-refractivity contribution < 1.29 is 18.3 Å². The largest absolute Gasteiger partial charge is 0.480 e.